The Hall–Kier alpha value is -1.36. The maximum absolute atomic E-state index is 12.6. The molecule has 2 heterocycles. The Morgan fingerprint density at radius 3 is 2.78 bits per heavy atom. The molecule has 23 heavy (non-hydrogen) atoms. The van der Waals surface area contributed by atoms with E-state index in [0.29, 0.717) is 13.0 Å². The number of rotatable bonds is 5. The Morgan fingerprint density at radius 2 is 2.17 bits per heavy atom. The summed E-state index contributed by atoms with van der Waals surface area (Å²) < 4.78 is 0. The van der Waals surface area contributed by atoms with Crippen LogP contribution in [0, 0.1) is 19.8 Å². The van der Waals surface area contributed by atoms with Crippen molar-refractivity contribution in [1.29, 1.82) is 0 Å². The molecule has 0 unspecified atom stereocenters. The molecule has 0 aromatic carbocycles. The lowest BCUT2D eigenvalue weighted by Gasteiger charge is -2.32. The highest BCUT2D eigenvalue weighted by molar-refractivity contribution is 7.12. The van der Waals surface area contributed by atoms with Gasteiger partial charge in [-0.15, -0.1) is 11.3 Å². The van der Waals surface area contributed by atoms with Gasteiger partial charge in [-0.05, 0) is 51.7 Å². The van der Waals surface area contributed by atoms with Crippen molar-refractivity contribution < 1.29 is 9.59 Å². The summed E-state index contributed by atoms with van der Waals surface area (Å²) in [5.74, 6) is 0.184. The number of carbonyl (C=O) groups excluding carboxylic acids is 2. The molecule has 1 aliphatic heterocycles. The van der Waals surface area contributed by atoms with Gasteiger partial charge in [0.15, 0.2) is 0 Å². The van der Waals surface area contributed by atoms with Crippen LogP contribution in [0.5, 0.6) is 0 Å². The van der Waals surface area contributed by atoms with Gasteiger partial charge in [0, 0.05) is 29.3 Å². The molecule has 2 atom stereocenters. The van der Waals surface area contributed by atoms with Crippen molar-refractivity contribution in [1.82, 2.24) is 10.2 Å². The normalized spacial score (nSPS) is 19.5. The SMILES string of the molecule is CCCC(=O)N1CCC[C@H](C(=O)N[C@H](C)c2cc(C)sc2C)C1. The number of hydrogen-bond acceptors (Lipinski definition) is 3. The monoisotopic (exact) mass is 336 g/mol. The third-order valence-electron chi connectivity index (χ3n) is 4.51. The van der Waals surface area contributed by atoms with Crippen LogP contribution in [0.2, 0.25) is 0 Å². The van der Waals surface area contributed by atoms with Gasteiger partial charge >= 0.3 is 0 Å². The van der Waals surface area contributed by atoms with Crippen molar-refractivity contribution in [3.8, 4) is 0 Å². The van der Waals surface area contributed by atoms with Crippen LogP contribution in [0.25, 0.3) is 0 Å². The van der Waals surface area contributed by atoms with Gasteiger partial charge in [-0.1, -0.05) is 6.92 Å². The highest BCUT2D eigenvalue weighted by atomic mass is 32.1. The van der Waals surface area contributed by atoms with Gasteiger partial charge in [0.05, 0.1) is 12.0 Å². The zero-order valence-corrected chi connectivity index (χ0v) is 15.5. The lowest BCUT2D eigenvalue weighted by molar-refractivity contribution is -0.135. The molecule has 0 spiro atoms. The second-order valence-corrected chi connectivity index (χ2v) is 7.99. The van der Waals surface area contributed by atoms with Gasteiger partial charge in [0.2, 0.25) is 11.8 Å². The molecule has 1 aromatic rings. The van der Waals surface area contributed by atoms with E-state index in [9.17, 15) is 9.59 Å². The number of nitrogens with one attached hydrogen (secondary N) is 1. The molecule has 2 amide bonds. The molecule has 5 heteroatoms. The van der Waals surface area contributed by atoms with E-state index in [1.54, 1.807) is 11.3 Å². The number of amides is 2. The largest absolute Gasteiger partial charge is 0.349 e. The van der Waals surface area contributed by atoms with E-state index < -0.39 is 0 Å². The quantitative estimate of drug-likeness (QED) is 0.893. The Labute approximate surface area is 143 Å². The fourth-order valence-electron chi connectivity index (χ4n) is 3.28. The number of hydrogen-bond donors (Lipinski definition) is 1. The van der Waals surface area contributed by atoms with Gasteiger partial charge < -0.3 is 10.2 Å². The summed E-state index contributed by atoms with van der Waals surface area (Å²) in [6, 6.07) is 2.18. The van der Waals surface area contributed by atoms with Crippen molar-refractivity contribution in [2.75, 3.05) is 13.1 Å². The van der Waals surface area contributed by atoms with E-state index in [2.05, 4.69) is 25.2 Å². The minimum atomic E-state index is -0.0768. The van der Waals surface area contributed by atoms with Crippen molar-refractivity contribution in [3.63, 3.8) is 0 Å². The highest BCUT2D eigenvalue weighted by Crippen LogP contribution is 2.27. The number of carbonyl (C=O) groups is 2. The summed E-state index contributed by atoms with van der Waals surface area (Å²) in [5, 5.41) is 3.14. The first-order valence-corrected chi connectivity index (χ1v) is 9.39. The first-order chi connectivity index (χ1) is 10.9. The van der Waals surface area contributed by atoms with Crippen LogP contribution in [0.3, 0.4) is 0 Å². The van der Waals surface area contributed by atoms with Crippen LogP contribution in [-0.2, 0) is 9.59 Å². The van der Waals surface area contributed by atoms with Crippen LogP contribution in [0.4, 0.5) is 0 Å². The molecule has 1 fully saturated rings. The zero-order chi connectivity index (χ0) is 17.0. The van der Waals surface area contributed by atoms with Crippen LogP contribution in [0.15, 0.2) is 6.07 Å². The van der Waals surface area contributed by atoms with Crippen LogP contribution in [0.1, 0.15) is 60.9 Å². The Morgan fingerprint density at radius 1 is 1.43 bits per heavy atom. The second-order valence-electron chi connectivity index (χ2n) is 6.53. The van der Waals surface area contributed by atoms with Gasteiger partial charge in [-0.3, -0.25) is 9.59 Å². The summed E-state index contributed by atoms with van der Waals surface area (Å²) in [6.45, 7) is 9.60. The average molecular weight is 337 g/mol. The standard InChI is InChI=1S/C18H28N2O2S/c1-5-7-17(21)20-9-6-8-15(11-20)18(22)19-13(3)16-10-12(2)23-14(16)4/h10,13,15H,5-9,11H2,1-4H3,(H,19,22)/t13-,15+/m1/s1. The molecule has 1 saturated heterocycles. The lowest BCUT2D eigenvalue weighted by atomic mass is 9.96. The van der Waals surface area contributed by atoms with Crippen molar-refractivity contribution in [2.24, 2.45) is 5.92 Å². The first-order valence-electron chi connectivity index (χ1n) is 8.57. The predicted molar refractivity (Wildman–Crippen MR) is 94.6 cm³/mol. The molecular weight excluding hydrogens is 308 g/mol. The van der Waals surface area contributed by atoms with Crippen LogP contribution in [-0.4, -0.2) is 29.8 Å². The molecule has 128 valence electrons. The summed E-state index contributed by atoms with van der Waals surface area (Å²) in [6.07, 6.45) is 3.23. The van der Waals surface area contributed by atoms with E-state index in [1.807, 2.05) is 18.7 Å². The molecule has 1 aromatic heterocycles. The zero-order valence-electron chi connectivity index (χ0n) is 14.6. The molecule has 0 radical (unpaired) electrons. The lowest BCUT2D eigenvalue weighted by Crippen LogP contribution is -2.45. The number of piperidine rings is 1. The Kier molecular flexibility index (Phi) is 6.22. The minimum absolute atomic E-state index is 0.0224. The number of nitrogens with zero attached hydrogens (tertiary/aromatic N) is 1. The van der Waals surface area contributed by atoms with Gasteiger partial charge in [0.25, 0.3) is 0 Å². The van der Waals surface area contributed by atoms with Gasteiger partial charge in [0.1, 0.15) is 0 Å². The third-order valence-corrected chi connectivity index (χ3v) is 5.50. The van der Waals surface area contributed by atoms with E-state index in [1.165, 1.54) is 15.3 Å². The van der Waals surface area contributed by atoms with E-state index in [4.69, 9.17) is 0 Å². The molecule has 2 rings (SSSR count). The fourth-order valence-corrected chi connectivity index (χ4v) is 4.30. The summed E-state index contributed by atoms with van der Waals surface area (Å²) in [4.78, 5) is 29.0. The number of thiophene rings is 1. The summed E-state index contributed by atoms with van der Waals surface area (Å²) in [5.41, 5.74) is 1.20. The Bertz CT molecular complexity index is 567. The molecule has 0 saturated carbocycles. The Balaban J connectivity index is 1.94. The molecule has 4 nitrogen and oxygen atoms in total. The fraction of sp³-hybridized carbons (Fsp3) is 0.667. The number of aryl methyl sites for hydroxylation is 2. The van der Waals surface area contributed by atoms with Gasteiger partial charge in [-0.25, -0.2) is 0 Å². The number of likely N-dealkylation sites (tertiary alicyclic amines) is 1. The van der Waals surface area contributed by atoms with Crippen molar-refractivity contribution in [3.05, 3.63) is 21.4 Å². The van der Waals surface area contributed by atoms with E-state index in [0.717, 1.165) is 25.8 Å². The van der Waals surface area contributed by atoms with Gasteiger partial charge in [-0.2, -0.15) is 0 Å². The highest BCUT2D eigenvalue weighted by Gasteiger charge is 2.29. The van der Waals surface area contributed by atoms with E-state index >= 15 is 0 Å². The maximum Gasteiger partial charge on any atom is 0.225 e. The molecular formula is C18H28N2O2S. The average Bonchev–Trinajstić information content (AvgIpc) is 2.86. The first kappa shape index (κ1) is 18.0. The second kappa shape index (κ2) is 7.95. The van der Waals surface area contributed by atoms with Crippen LogP contribution >= 0.6 is 11.3 Å². The van der Waals surface area contributed by atoms with Crippen molar-refractivity contribution >= 4 is 23.2 Å². The maximum atomic E-state index is 12.6. The predicted octanol–water partition coefficient (Wildman–Crippen LogP) is 3.58. The molecule has 0 bridgehead atoms. The van der Waals surface area contributed by atoms with E-state index in [-0.39, 0.29) is 23.8 Å². The minimum Gasteiger partial charge on any atom is -0.349 e. The smallest absolute Gasteiger partial charge is 0.225 e. The molecule has 1 aliphatic rings. The topological polar surface area (TPSA) is 49.4 Å². The molecule has 1 N–H and O–H groups in total. The van der Waals surface area contributed by atoms with Crippen molar-refractivity contribution in [2.45, 2.75) is 59.4 Å². The summed E-state index contributed by atoms with van der Waals surface area (Å²) >= 11 is 1.77. The summed E-state index contributed by atoms with van der Waals surface area (Å²) in [7, 11) is 0. The van der Waals surface area contributed by atoms with Crippen LogP contribution < -0.4 is 5.32 Å². The third kappa shape index (κ3) is 4.56. The molecule has 0 aliphatic carbocycles.